The predicted octanol–water partition coefficient (Wildman–Crippen LogP) is 2.25. The van der Waals surface area contributed by atoms with Gasteiger partial charge in [0.2, 0.25) is 0 Å². The van der Waals surface area contributed by atoms with Crippen molar-refractivity contribution in [2.45, 2.75) is 0 Å². The van der Waals surface area contributed by atoms with Crippen LogP contribution in [0.15, 0.2) is 43.0 Å². The maximum Gasteiger partial charge on any atom is 0.434 e. The number of ether oxygens (including phenoxy) is 1. The minimum absolute atomic E-state index is 0.190. The lowest BCUT2D eigenvalue weighted by molar-refractivity contribution is 0.162. The maximum absolute atomic E-state index is 10.9. The number of hydrogen-bond acceptors (Lipinski definition) is 2. The third-order valence-electron chi connectivity index (χ3n) is 1.30. The third-order valence-corrected chi connectivity index (χ3v) is 1.30. The fourth-order valence-electron chi connectivity index (χ4n) is 0.770. The number of hydrogen-bond donors (Lipinski definition) is 0. The van der Waals surface area contributed by atoms with Crippen molar-refractivity contribution in [1.29, 1.82) is 0 Å². The topological polar surface area (TPSA) is 40.4 Å². The normalized spacial score (nSPS) is 8.92. The Morgan fingerprint density at radius 3 is 2.77 bits per heavy atom. The molecule has 1 aromatic carbocycles. The Bertz CT molecular complexity index is 282. The van der Waals surface area contributed by atoms with Gasteiger partial charge in [-0.05, 0) is 12.1 Å². The van der Waals surface area contributed by atoms with Gasteiger partial charge in [-0.15, -0.1) is 0 Å². The van der Waals surface area contributed by atoms with Crippen molar-refractivity contribution < 1.29 is 9.53 Å². The van der Waals surface area contributed by atoms with Gasteiger partial charge >= 0.3 is 6.09 Å². The summed E-state index contributed by atoms with van der Waals surface area (Å²) in [5.74, 6) is 0. The highest BCUT2D eigenvalue weighted by atomic mass is 16.5. The summed E-state index contributed by atoms with van der Waals surface area (Å²) in [5.41, 5.74) is 0.594. The molecular formula is C10H10NO2. The zero-order valence-electron chi connectivity index (χ0n) is 7.14. The Balaban J connectivity index is 2.41. The summed E-state index contributed by atoms with van der Waals surface area (Å²) < 4.78 is 4.67. The summed E-state index contributed by atoms with van der Waals surface area (Å²) in [7, 11) is 0. The van der Waals surface area contributed by atoms with Gasteiger partial charge in [0.05, 0.1) is 5.69 Å². The SMILES string of the molecule is C=CCOC(=O)[N]c1ccccc1. The van der Waals surface area contributed by atoms with Crippen LogP contribution in [-0.2, 0) is 4.74 Å². The quantitative estimate of drug-likeness (QED) is 0.662. The van der Waals surface area contributed by atoms with Gasteiger partial charge in [0, 0.05) is 0 Å². The highest BCUT2D eigenvalue weighted by molar-refractivity contribution is 5.73. The molecule has 0 bridgehead atoms. The monoisotopic (exact) mass is 176 g/mol. The van der Waals surface area contributed by atoms with Gasteiger partial charge in [0.1, 0.15) is 6.61 Å². The zero-order valence-corrected chi connectivity index (χ0v) is 7.14. The molecule has 0 fully saturated rings. The van der Waals surface area contributed by atoms with Crippen LogP contribution in [0.4, 0.5) is 10.5 Å². The molecule has 0 saturated heterocycles. The molecule has 0 spiro atoms. The van der Waals surface area contributed by atoms with E-state index in [-0.39, 0.29) is 6.61 Å². The van der Waals surface area contributed by atoms with E-state index in [0.29, 0.717) is 5.69 Å². The summed E-state index contributed by atoms with van der Waals surface area (Å²) in [4.78, 5) is 10.9. The van der Waals surface area contributed by atoms with Gasteiger partial charge in [-0.3, -0.25) is 0 Å². The van der Waals surface area contributed by atoms with Crippen molar-refractivity contribution in [3.8, 4) is 0 Å². The van der Waals surface area contributed by atoms with Crippen molar-refractivity contribution in [1.82, 2.24) is 5.32 Å². The Hall–Kier alpha value is -1.77. The highest BCUT2D eigenvalue weighted by Crippen LogP contribution is 2.05. The minimum Gasteiger partial charge on any atom is -0.444 e. The van der Waals surface area contributed by atoms with Crippen LogP contribution in [0.3, 0.4) is 0 Å². The number of amides is 1. The van der Waals surface area contributed by atoms with Gasteiger partial charge in [-0.2, -0.15) is 5.32 Å². The Labute approximate surface area is 77.0 Å². The van der Waals surface area contributed by atoms with E-state index in [0.717, 1.165) is 0 Å². The molecule has 0 atom stereocenters. The molecule has 1 aromatic rings. The standard InChI is InChI=1S/C10H10NO2/c1-2-8-13-10(12)11-9-6-4-3-5-7-9/h2-7H,1,8H2. The average molecular weight is 176 g/mol. The first-order chi connectivity index (χ1) is 6.33. The number of carbonyl (C=O) groups is 1. The van der Waals surface area contributed by atoms with Crippen LogP contribution in [0.1, 0.15) is 0 Å². The largest absolute Gasteiger partial charge is 0.444 e. The summed E-state index contributed by atoms with van der Waals surface area (Å²) >= 11 is 0. The molecule has 3 heteroatoms. The number of nitrogens with zero attached hydrogens (tertiary/aromatic N) is 1. The summed E-state index contributed by atoms with van der Waals surface area (Å²) in [5, 5.41) is 3.69. The van der Waals surface area contributed by atoms with E-state index in [9.17, 15) is 4.79 Å². The van der Waals surface area contributed by atoms with E-state index >= 15 is 0 Å². The third kappa shape index (κ3) is 3.42. The van der Waals surface area contributed by atoms with E-state index in [4.69, 9.17) is 0 Å². The van der Waals surface area contributed by atoms with E-state index in [2.05, 4.69) is 16.6 Å². The molecule has 67 valence electrons. The van der Waals surface area contributed by atoms with Crippen LogP contribution < -0.4 is 5.32 Å². The molecule has 0 unspecified atom stereocenters. The summed E-state index contributed by atoms with van der Waals surface area (Å²) in [6, 6.07) is 8.93. The summed E-state index contributed by atoms with van der Waals surface area (Å²) in [6.07, 6.45) is 0.907. The molecule has 0 aromatic heterocycles. The molecule has 1 radical (unpaired) electrons. The van der Waals surface area contributed by atoms with Crippen LogP contribution >= 0.6 is 0 Å². The van der Waals surface area contributed by atoms with Crippen molar-refractivity contribution in [2.24, 2.45) is 0 Å². The lowest BCUT2D eigenvalue weighted by Gasteiger charge is -2.00. The predicted molar refractivity (Wildman–Crippen MR) is 49.8 cm³/mol. The van der Waals surface area contributed by atoms with Crippen LogP contribution in [0.25, 0.3) is 0 Å². The molecule has 0 aliphatic heterocycles. The molecule has 1 rings (SSSR count). The number of carbonyl (C=O) groups excluding carboxylic acids is 1. The smallest absolute Gasteiger partial charge is 0.434 e. The van der Waals surface area contributed by atoms with E-state index in [1.165, 1.54) is 6.08 Å². The van der Waals surface area contributed by atoms with Crippen molar-refractivity contribution in [3.05, 3.63) is 43.0 Å². The van der Waals surface area contributed by atoms with Crippen LogP contribution in [0.5, 0.6) is 0 Å². The van der Waals surface area contributed by atoms with Crippen molar-refractivity contribution in [2.75, 3.05) is 6.61 Å². The Morgan fingerprint density at radius 2 is 2.15 bits per heavy atom. The fraction of sp³-hybridized carbons (Fsp3) is 0.100. The van der Waals surface area contributed by atoms with Crippen LogP contribution in [0, 0.1) is 0 Å². The van der Waals surface area contributed by atoms with Crippen molar-refractivity contribution in [3.63, 3.8) is 0 Å². The van der Waals surface area contributed by atoms with E-state index in [1.54, 1.807) is 24.3 Å². The first-order valence-corrected chi connectivity index (χ1v) is 3.87. The van der Waals surface area contributed by atoms with Gasteiger partial charge < -0.3 is 4.74 Å². The Morgan fingerprint density at radius 1 is 1.46 bits per heavy atom. The van der Waals surface area contributed by atoms with Gasteiger partial charge in [-0.1, -0.05) is 30.9 Å². The number of benzene rings is 1. The molecule has 0 N–H and O–H groups in total. The molecule has 13 heavy (non-hydrogen) atoms. The molecule has 0 saturated carbocycles. The first kappa shape index (κ1) is 9.32. The molecule has 0 aliphatic carbocycles. The van der Waals surface area contributed by atoms with Gasteiger partial charge in [-0.25, -0.2) is 4.79 Å². The summed E-state index contributed by atoms with van der Waals surface area (Å²) in [6.45, 7) is 3.61. The van der Waals surface area contributed by atoms with Gasteiger partial charge in [0.15, 0.2) is 0 Å². The number of para-hydroxylation sites is 1. The lowest BCUT2D eigenvalue weighted by atomic mass is 10.3. The minimum atomic E-state index is -0.592. The van der Waals surface area contributed by atoms with E-state index < -0.39 is 6.09 Å². The molecule has 3 nitrogen and oxygen atoms in total. The van der Waals surface area contributed by atoms with Crippen molar-refractivity contribution >= 4 is 11.8 Å². The maximum atomic E-state index is 10.9. The zero-order chi connectivity index (χ0) is 9.52. The van der Waals surface area contributed by atoms with Crippen LogP contribution in [0.2, 0.25) is 0 Å². The second-order valence-electron chi connectivity index (χ2n) is 2.31. The lowest BCUT2D eigenvalue weighted by Crippen LogP contribution is -2.12. The Kier molecular flexibility index (Phi) is 3.57. The number of rotatable bonds is 3. The molecular weight excluding hydrogens is 166 g/mol. The molecule has 0 aliphatic rings. The molecule has 0 heterocycles. The highest BCUT2D eigenvalue weighted by Gasteiger charge is 2.02. The van der Waals surface area contributed by atoms with E-state index in [1.807, 2.05) is 6.07 Å². The average Bonchev–Trinajstić information content (AvgIpc) is 2.16. The second kappa shape index (κ2) is 4.98. The first-order valence-electron chi connectivity index (χ1n) is 3.87. The second-order valence-corrected chi connectivity index (χ2v) is 2.31. The van der Waals surface area contributed by atoms with Crippen LogP contribution in [-0.4, -0.2) is 12.7 Å². The molecule has 1 amide bonds. The van der Waals surface area contributed by atoms with Gasteiger partial charge in [0.25, 0.3) is 0 Å². The fourth-order valence-corrected chi connectivity index (χ4v) is 0.770.